The Hall–Kier alpha value is -3.26. The summed E-state index contributed by atoms with van der Waals surface area (Å²) in [5, 5.41) is 6.05. The molecule has 0 bridgehead atoms. The van der Waals surface area contributed by atoms with Gasteiger partial charge < -0.3 is 15.5 Å². The lowest BCUT2D eigenvalue weighted by molar-refractivity contribution is -0.138. The van der Waals surface area contributed by atoms with Gasteiger partial charge in [-0.2, -0.15) is 0 Å². The van der Waals surface area contributed by atoms with Gasteiger partial charge in [-0.15, -0.1) is 0 Å². The Balaban J connectivity index is 1.51. The Morgan fingerprint density at radius 2 is 1.78 bits per heavy atom. The fraction of sp³-hybridized carbons (Fsp3) is 0.375. The molecule has 4 rings (SSSR count). The second-order valence-electron chi connectivity index (χ2n) is 8.20. The van der Waals surface area contributed by atoms with Gasteiger partial charge in [-0.25, -0.2) is 9.18 Å². The summed E-state index contributed by atoms with van der Waals surface area (Å²) in [6, 6.07) is 11.8. The molecule has 168 valence electrons. The number of urea groups is 1. The quantitative estimate of drug-likeness (QED) is 0.727. The van der Waals surface area contributed by atoms with E-state index in [0.717, 1.165) is 17.7 Å². The van der Waals surface area contributed by atoms with E-state index in [4.69, 9.17) is 0 Å². The molecule has 7 nitrogen and oxygen atoms in total. The standard InChI is InChI=1S/C24H27FN4O3/c1-2-16-7-11-19(12-8-16)27-21(30)15-28-20-4-3-13-26-22(20)23(31)29(24(28)32)14-17-5-9-18(25)10-6-17/h5-12,20,22,26H,2-4,13-15H2,1H3,(H,27,30). The second kappa shape index (κ2) is 9.48. The lowest BCUT2D eigenvalue weighted by Gasteiger charge is -2.46. The van der Waals surface area contributed by atoms with Gasteiger partial charge in [0.25, 0.3) is 0 Å². The summed E-state index contributed by atoms with van der Waals surface area (Å²) in [4.78, 5) is 41.7. The van der Waals surface area contributed by atoms with E-state index in [1.807, 2.05) is 24.3 Å². The maximum Gasteiger partial charge on any atom is 0.327 e. The third-order valence-corrected chi connectivity index (χ3v) is 6.05. The first-order valence-electron chi connectivity index (χ1n) is 10.9. The monoisotopic (exact) mass is 438 g/mol. The highest BCUT2D eigenvalue weighted by Gasteiger charge is 2.47. The number of nitrogens with one attached hydrogen (secondary N) is 2. The highest BCUT2D eigenvalue weighted by molar-refractivity contribution is 6.02. The fourth-order valence-electron chi connectivity index (χ4n) is 4.30. The molecule has 32 heavy (non-hydrogen) atoms. The van der Waals surface area contributed by atoms with Crippen molar-refractivity contribution in [3.8, 4) is 0 Å². The van der Waals surface area contributed by atoms with Crippen molar-refractivity contribution < 1.29 is 18.8 Å². The van der Waals surface area contributed by atoms with Gasteiger partial charge >= 0.3 is 6.03 Å². The molecule has 2 aromatic carbocycles. The van der Waals surface area contributed by atoms with Gasteiger partial charge in [-0.3, -0.25) is 14.5 Å². The zero-order chi connectivity index (χ0) is 22.7. The van der Waals surface area contributed by atoms with Gasteiger partial charge in [-0.1, -0.05) is 31.2 Å². The van der Waals surface area contributed by atoms with E-state index in [0.29, 0.717) is 24.2 Å². The molecule has 2 N–H and O–H groups in total. The lowest BCUT2D eigenvalue weighted by atomic mass is 9.93. The van der Waals surface area contributed by atoms with Gasteiger partial charge in [0.2, 0.25) is 11.8 Å². The number of halogens is 1. The van der Waals surface area contributed by atoms with Crippen LogP contribution in [0.25, 0.3) is 0 Å². The summed E-state index contributed by atoms with van der Waals surface area (Å²) in [5.41, 5.74) is 2.47. The van der Waals surface area contributed by atoms with Gasteiger partial charge in [0.05, 0.1) is 12.6 Å². The maximum absolute atomic E-state index is 13.3. The predicted molar refractivity (Wildman–Crippen MR) is 118 cm³/mol. The zero-order valence-electron chi connectivity index (χ0n) is 18.0. The van der Waals surface area contributed by atoms with Crippen molar-refractivity contribution in [3.63, 3.8) is 0 Å². The molecule has 2 aliphatic rings. The maximum atomic E-state index is 13.3. The predicted octanol–water partition coefficient (Wildman–Crippen LogP) is 2.91. The summed E-state index contributed by atoms with van der Waals surface area (Å²) in [6.45, 7) is 2.61. The SMILES string of the molecule is CCc1ccc(NC(=O)CN2C(=O)N(Cc3ccc(F)cc3)C(=O)C3NCCCC32)cc1. The molecule has 2 aromatic rings. The van der Waals surface area contributed by atoms with Crippen LogP contribution in [0.1, 0.15) is 30.9 Å². The molecule has 2 saturated heterocycles. The van der Waals surface area contributed by atoms with Crippen LogP contribution in [0, 0.1) is 5.82 Å². The van der Waals surface area contributed by atoms with E-state index in [-0.39, 0.29) is 36.8 Å². The van der Waals surface area contributed by atoms with Crippen LogP contribution in [0.2, 0.25) is 0 Å². The van der Waals surface area contributed by atoms with E-state index in [9.17, 15) is 18.8 Å². The molecular formula is C24H27FN4O3. The smallest absolute Gasteiger partial charge is 0.325 e. The van der Waals surface area contributed by atoms with Crippen LogP contribution in [0.5, 0.6) is 0 Å². The number of hydrogen-bond acceptors (Lipinski definition) is 4. The van der Waals surface area contributed by atoms with Crippen LogP contribution in [-0.4, -0.2) is 52.8 Å². The molecule has 2 fully saturated rings. The summed E-state index contributed by atoms with van der Waals surface area (Å²) < 4.78 is 13.3. The van der Waals surface area contributed by atoms with Crippen molar-refractivity contribution in [1.29, 1.82) is 0 Å². The molecule has 4 amide bonds. The first-order valence-corrected chi connectivity index (χ1v) is 10.9. The van der Waals surface area contributed by atoms with E-state index in [1.54, 1.807) is 12.1 Å². The molecule has 2 unspecified atom stereocenters. The van der Waals surface area contributed by atoms with Crippen molar-refractivity contribution in [3.05, 3.63) is 65.5 Å². The largest absolute Gasteiger partial charge is 0.327 e. The number of hydrogen-bond donors (Lipinski definition) is 2. The Labute approximate surface area is 186 Å². The number of amides is 4. The molecule has 2 atom stereocenters. The van der Waals surface area contributed by atoms with Gasteiger partial charge in [0.15, 0.2) is 0 Å². The minimum absolute atomic E-state index is 0.0272. The Morgan fingerprint density at radius 3 is 2.47 bits per heavy atom. The molecule has 0 saturated carbocycles. The third-order valence-electron chi connectivity index (χ3n) is 6.05. The van der Waals surface area contributed by atoms with Crippen molar-refractivity contribution in [2.75, 3.05) is 18.4 Å². The average Bonchev–Trinajstić information content (AvgIpc) is 2.81. The molecular weight excluding hydrogens is 411 g/mol. The number of rotatable bonds is 6. The van der Waals surface area contributed by atoms with Crippen LogP contribution in [0.15, 0.2) is 48.5 Å². The van der Waals surface area contributed by atoms with Gasteiger partial charge in [0, 0.05) is 5.69 Å². The van der Waals surface area contributed by atoms with Crippen LogP contribution in [0.4, 0.5) is 14.9 Å². The van der Waals surface area contributed by atoms with E-state index < -0.39 is 12.1 Å². The van der Waals surface area contributed by atoms with Crippen molar-refractivity contribution in [2.45, 2.75) is 44.8 Å². The van der Waals surface area contributed by atoms with Gasteiger partial charge in [0.1, 0.15) is 18.4 Å². The van der Waals surface area contributed by atoms with Crippen LogP contribution < -0.4 is 10.6 Å². The number of nitrogens with zero attached hydrogens (tertiary/aromatic N) is 2. The molecule has 0 aliphatic carbocycles. The summed E-state index contributed by atoms with van der Waals surface area (Å²) in [6.07, 6.45) is 2.37. The average molecular weight is 439 g/mol. The van der Waals surface area contributed by atoms with Crippen molar-refractivity contribution in [2.24, 2.45) is 0 Å². The minimum atomic E-state index is -0.557. The first kappa shape index (κ1) is 22.0. The molecule has 2 aliphatic heterocycles. The number of aryl methyl sites for hydroxylation is 1. The number of carbonyl (C=O) groups excluding carboxylic acids is 3. The summed E-state index contributed by atoms with van der Waals surface area (Å²) in [5.74, 6) is -1.01. The molecule has 0 spiro atoms. The number of benzene rings is 2. The van der Waals surface area contributed by atoms with E-state index in [1.165, 1.54) is 22.6 Å². The number of carbonyl (C=O) groups is 3. The van der Waals surface area contributed by atoms with E-state index >= 15 is 0 Å². The third kappa shape index (κ3) is 4.65. The second-order valence-corrected chi connectivity index (χ2v) is 8.20. The fourth-order valence-corrected chi connectivity index (χ4v) is 4.30. The van der Waals surface area contributed by atoms with Crippen LogP contribution in [0.3, 0.4) is 0 Å². The summed E-state index contributed by atoms with van der Waals surface area (Å²) >= 11 is 0. The highest BCUT2D eigenvalue weighted by atomic mass is 19.1. The topological polar surface area (TPSA) is 81.8 Å². The Kier molecular flexibility index (Phi) is 6.50. The van der Waals surface area contributed by atoms with E-state index in [2.05, 4.69) is 17.6 Å². The first-order chi connectivity index (χ1) is 15.5. The molecule has 0 radical (unpaired) electrons. The number of piperidine rings is 1. The summed E-state index contributed by atoms with van der Waals surface area (Å²) in [7, 11) is 0. The molecule has 8 heteroatoms. The molecule has 0 aromatic heterocycles. The lowest BCUT2D eigenvalue weighted by Crippen LogP contribution is -2.70. The Morgan fingerprint density at radius 1 is 1.09 bits per heavy atom. The number of anilines is 1. The van der Waals surface area contributed by atoms with Crippen molar-refractivity contribution in [1.82, 2.24) is 15.1 Å². The normalized spacial score (nSPS) is 20.8. The Bertz CT molecular complexity index is 993. The highest BCUT2D eigenvalue weighted by Crippen LogP contribution is 2.26. The van der Waals surface area contributed by atoms with Crippen LogP contribution >= 0.6 is 0 Å². The number of imide groups is 1. The number of fused-ring (bicyclic) bond motifs is 1. The van der Waals surface area contributed by atoms with Crippen LogP contribution in [-0.2, 0) is 22.6 Å². The van der Waals surface area contributed by atoms with Gasteiger partial charge in [-0.05, 0) is 61.2 Å². The van der Waals surface area contributed by atoms with Crippen molar-refractivity contribution >= 4 is 23.5 Å². The molecule has 2 heterocycles. The minimum Gasteiger partial charge on any atom is -0.325 e. The zero-order valence-corrected chi connectivity index (χ0v) is 18.0.